The van der Waals surface area contributed by atoms with Crippen LogP contribution in [0.15, 0.2) is 24.7 Å². The maximum Gasteiger partial charge on any atom is 0.433 e. The Balaban J connectivity index is 1.66. The van der Waals surface area contributed by atoms with Gasteiger partial charge in [0.2, 0.25) is 5.95 Å². The summed E-state index contributed by atoms with van der Waals surface area (Å²) in [7, 11) is 0. The third-order valence-electron chi connectivity index (χ3n) is 3.86. The van der Waals surface area contributed by atoms with Crippen molar-refractivity contribution in [2.24, 2.45) is 0 Å². The van der Waals surface area contributed by atoms with Crippen LogP contribution in [0.25, 0.3) is 0 Å². The van der Waals surface area contributed by atoms with Crippen molar-refractivity contribution in [3.63, 3.8) is 0 Å². The summed E-state index contributed by atoms with van der Waals surface area (Å²) in [5.74, 6) is 0.824. The van der Waals surface area contributed by atoms with Crippen LogP contribution in [-0.4, -0.2) is 39.1 Å². The molecule has 1 aliphatic rings. The average molecular weight is 338 g/mol. The lowest BCUT2D eigenvalue weighted by atomic mass is 10.3. The largest absolute Gasteiger partial charge is 0.433 e. The number of hydrogen-bond donors (Lipinski definition) is 1. The van der Waals surface area contributed by atoms with Gasteiger partial charge in [0.25, 0.3) is 0 Å². The summed E-state index contributed by atoms with van der Waals surface area (Å²) in [4.78, 5) is 17.9. The first kappa shape index (κ1) is 16.4. The third kappa shape index (κ3) is 3.72. The van der Waals surface area contributed by atoms with Crippen LogP contribution in [0, 0.1) is 0 Å². The van der Waals surface area contributed by atoms with E-state index in [0.717, 1.165) is 43.2 Å². The van der Waals surface area contributed by atoms with Gasteiger partial charge in [-0.25, -0.2) is 19.9 Å². The van der Waals surface area contributed by atoms with E-state index in [4.69, 9.17) is 0 Å². The van der Waals surface area contributed by atoms with Crippen LogP contribution in [0.5, 0.6) is 0 Å². The molecule has 2 aromatic rings. The van der Waals surface area contributed by atoms with E-state index >= 15 is 0 Å². The lowest BCUT2D eigenvalue weighted by molar-refractivity contribution is -0.141. The smallest absolute Gasteiger partial charge is 0.354 e. The molecule has 0 radical (unpaired) electrons. The number of aryl methyl sites for hydroxylation is 1. The minimum atomic E-state index is -4.47. The second-order valence-corrected chi connectivity index (χ2v) is 5.56. The Morgan fingerprint density at radius 1 is 1.29 bits per heavy atom. The van der Waals surface area contributed by atoms with E-state index in [9.17, 15) is 13.2 Å². The number of anilines is 2. The molecule has 0 amide bonds. The molecule has 1 fully saturated rings. The third-order valence-corrected chi connectivity index (χ3v) is 3.86. The zero-order valence-corrected chi connectivity index (χ0v) is 13.1. The fourth-order valence-electron chi connectivity index (χ4n) is 2.61. The van der Waals surface area contributed by atoms with Crippen molar-refractivity contribution in [2.75, 3.05) is 23.3 Å². The Bertz CT molecular complexity index is 706. The number of nitrogens with one attached hydrogen (secondary N) is 1. The van der Waals surface area contributed by atoms with Crippen molar-refractivity contribution < 1.29 is 13.2 Å². The lowest BCUT2D eigenvalue weighted by Crippen LogP contribution is -2.27. The number of nitrogens with zero attached hydrogens (tertiary/aromatic N) is 5. The summed E-state index contributed by atoms with van der Waals surface area (Å²) in [6.07, 6.45) is -0.236. The molecule has 2 aromatic heterocycles. The molecule has 3 rings (SSSR count). The number of rotatable bonds is 4. The van der Waals surface area contributed by atoms with Crippen LogP contribution >= 0.6 is 0 Å². The van der Waals surface area contributed by atoms with Gasteiger partial charge in [-0.2, -0.15) is 13.2 Å². The van der Waals surface area contributed by atoms with Gasteiger partial charge < -0.3 is 10.2 Å². The Kier molecular flexibility index (Phi) is 4.50. The van der Waals surface area contributed by atoms with E-state index in [1.165, 1.54) is 6.33 Å². The number of hydrogen-bond acceptors (Lipinski definition) is 6. The van der Waals surface area contributed by atoms with Crippen LogP contribution in [-0.2, 0) is 12.6 Å². The molecule has 128 valence electrons. The van der Waals surface area contributed by atoms with Gasteiger partial charge in [-0.3, -0.25) is 0 Å². The fraction of sp³-hybridized carbons (Fsp3) is 0.467. The minimum Gasteiger partial charge on any atom is -0.354 e. The van der Waals surface area contributed by atoms with Gasteiger partial charge >= 0.3 is 6.18 Å². The summed E-state index contributed by atoms with van der Waals surface area (Å²) < 4.78 is 38.1. The summed E-state index contributed by atoms with van der Waals surface area (Å²) in [5, 5.41) is 2.97. The molecular formula is C15H17F3N6. The highest BCUT2D eigenvalue weighted by Crippen LogP contribution is 2.28. The fourth-order valence-corrected chi connectivity index (χ4v) is 2.61. The summed E-state index contributed by atoms with van der Waals surface area (Å²) >= 11 is 0. The number of alkyl halides is 3. The number of aromatic nitrogens is 4. The molecule has 0 saturated carbocycles. The number of halogens is 3. The van der Waals surface area contributed by atoms with E-state index in [2.05, 4.69) is 30.2 Å². The highest BCUT2D eigenvalue weighted by Gasteiger charge is 2.33. The first-order valence-corrected chi connectivity index (χ1v) is 7.68. The Morgan fingerprint density at radius 2 is 2.12 bits per heavy atom. The first-order chi connectivity index (χ1) is 11.5. The molecule has 6 nitrogen and oxygen atoms in total. The highest BCUT2D eigenvalue weighted by atomic mass is 19.4. The standard InChI is InChI=1S/C15H17F3N6/c1-2-10-7-13(21-9-20-10)24-6-4-11(8-24)22-14-19-5-3-12(23-14)15(16,17)18/h3,5,7,9,11H,2,4,6,8H2,1H3,(H,19,22,23). The summed E-state index contributed by atoms with van der Waals surface area (Å²) in [6, 6.07) is 2.76. The molecule has 0 spiro atoms. The molecule has 1 unspecified atom stereocenters. The Hall–Kier alpha value is -2.45. The summed E-state index contributed by atoms with van der Waals surface area (Å²) in [5.41, 5.74) is 0.0101. The molecule has 1 N–H and O–H groups in total. The predicted octanol–water partition coefficient (Wildman–Crippen LogP) is 2.54. The van der Waals surface area contributed by atoms with Gasteiger partial charge in [0.05, 0.1) is 0 Å². The SMILES string of the molecule is CCc1cc(N2CCC(Nc3nccc(C(F)(F)F)n3)C2)ncn1. The molecule has 24 heavy (non-hydrogen) atoms. The van der Waals surface area contributed by atoms with Crippen molar-refractivity contribution >= 4 is 11.8 Å². The van der Waals surface area contributed by atoms with Crippen molar-refractivity contribution in [1.82, 2.24) is 19.9 Å². The monoisotopic (exact) mass is 338 g/mol. The van der Waals surface area contributed by atoms with Crippen molar-refractivity contribution in [3.05, 3.63) is 36.0 Å². The van der Waals surface area contributed by atoms with Gasteiger partial charge in [-0.1, -0.05) is 6.92 Å². The molecule has 0 aromatic carbocycles. The Morgan fingerprint density at radius 3 is 2.88 bits per heavy atom. The van der Waals surface area contributed by atoms with E-state index < -0.39 is 11.9 Å². The Labute approximate surface area is 137 Å². The van der Waals surface area contributed by atoms with Crippen molar-refractivity contribution in [2.45, 2.75) is 32.0 Å². The van der Waals surface area contributed by atoms with Crippen molar-refractivity contribution in [3.8, 4) is 0 Å². The van der Waals surface area contributed by atoms with E-state index in [-0.39, 0.29) is 12.0 Å². The first-order valence-electron chi connectivity index (χ1n) is 7.68. The van der Waals surface area contributed by atoms with Crippen LogP contribution < -0.4 is 10.2 Å². The summed E-state index contributed by atoms with van der Waals surface area (Å²) in [6.45, 7) is 3.40. The molecule has 0 bridgehead atoms. The second-order valence-electron chi connectivity index (χ2n) is 5.56. The zero-order valence-electron chi connectivity index (χ0n) is 13.1. The molecule has 0 aliphatic carbocycles. The van der Waals surface area contributed by atoms with Crippen LogP contribution in [0.1, 0.15) is 24.7 Å². The van der Waals surface area contributed by atoms with Gasteiger partial charge in [0.15, 0.2) is 0 Å². The van der Waals surface area contributed by atoms with Crippen molar-refractivity contribution in [1.29, 1.82) is 0 Å². The van der Waals surface area contributed by atoms with Crippen LogP contribution in [0.2, 0.25) is 0 Å². The van der Waals surface area contributed by atoms with Gasteiger partial charge in [0.1, 0.15) is 17.8 Å². The topological polar surface area (TPSA) is 66.8 Å². The van der Waals surface area contributed by atoms with E-state index in [1.807, 2.05) is 13.0 Å². The zero-order chi connectivity index (χ0) is 17.2. The van der Waals surface area contributed by atoms with Gasteiger partial charge in [-0.15, -0.1) is 0 Å². The maximum absolute atomic E-state index is 12.7. The molecule has 1 saturated heterocycles. The molecule has 9 heteroatoms. The van der Waals surface area contributed by atoms with Crippen LogP contribution in [0.4, 0.5) is 24.9 Å². The predicted molar refractivity (Wildman–Crippen MR) is 82.7 cm³/mol. The quantitative estimate of drug-likeness (QED) is 0.924. The van der Waals surface area contributed by atoms with E-state index in [1.54, 1.807) is 0 Å². The van der Waals surface area contributed by atoms with Gasteiger partial charge in [0, 0.05) is 37.1 Å². The average Bonchev–Trinajstić information content (AvgIpc) is 3.03. The normalized spacial score (nSPS) is 18.0. The maximum atomic E-state index is 12.7. The molecule has 1 aliphatic heterocycles. The second kappa shape index (κ2) is 6.58. The minimum absolute atomic E-state index is 0.00592. The van der Waals surface area contributed by atoms with Gasteiger partial charge in [-0.05, 0) is 18.9 Å². The molecule has 1 atom stereocenters. The highest BCUT2D eigenvalue weighted by molar-refractivity contribution is 5.42. The lowest BCUT2D eigenvalue weighted by Gasteiger charge is -2.18. The van der Waals surface area contributed by atoms with E-state index in [0.29, 0.717) is 6.54 Å². The molecule has 3 heterocycles. The van der Waals surface area contributed by atoms with Crippen LogP contribution in [0.3, 0.4) is 0 Å². The molecular weight excluding hydrogens is 321 g/mol.